The summed E-state index contributed by atoms with van der Waals surface area (Å²) in [7, 11) is 0. The number of carboxylic acid groups (broad SMARTS) is 1. The molecule has 0 aliphatic rings. The molecule has 0 radical (unpaired) electrons. The Bertz CT molecular complexity index is 915. The molecule has 0 atom stereocenters. The number of aromatic carboxylic acids is 1. The number of carbonyl (C=O) groups excluding carboxylic acids is 1. The molecule has 1 heterocycles. The van der Waals surface area contributed by atoms with Crippen LogP contribution in [0, 0.1) is 0 Å². The largest absolute Gasteiger partial charge is 0.477 e. The van der Waals surface area contributed by atoms with Gasteiger partial charge >= 0.3 is 12.1 Å². The first kappa shape index (κ1) is 20.8. The molecular formula is C19H24N2O5S. The highest BCUT2D eigenvalue weighted by Gasteiger charge is 2.16. The van der Waals surface area contributed by atoms with E-state index in [4.69, 9.17) is 4.74 Å². The lowest BCUT2D eigenvalue weighted by atomic mass is 10.1. The summed E-state index contributed by atoms with van der Waals surface area (Å²) in [6.45, 7) is 8.25. The number of fused-ring (bicyclic) bond motifs is 1. The first-order chi connectivity index (χ1) is 12.6. The number of alkyl carbamates (subject to hydrolysis) is 1. The van der Waals surface area contributed by atoms with E-state index in [1.165, 1.54) is 18.0 Å². The number of hydrogen-bond donors (Lipinski definition) is 2. The van der Waals surface area contributed by atoms with E-state index in [0.717, 1.165) is 4.90 Å². The van der Waals surface area contributed by atoms with Crippen molar-refractivity contribution >= 4 is 34.7 Å². The van der Waals surface area contributed by atoms with Crippen molar-refractivity contribution in [1.82, 2.24) is 9.88 Å². The van der Waals surface area contributed by atoms with Crippen LogP contribution in [0.2, 0.25) is 0 Å². The second kappa shape index (κ2) is 8.47. The number of nitrogens with one attached hydrogen (secondary N) is 1. The monoisotopic (exact) mass is 392 g/mol. The number of aryl methyl sites for hydroxylation is 1. The molecule has 1 aromatic carbocycles. The lowest BCUT2D eigenvalue weighted by molar-refractivity contribution is 0.0530. The number of amides is 1. The number of hydrogen-bond acceptors (Lipinski definition) is 5. The minimum Gasteiger partial charge on any atom is -0.477 e. The number of carboxylic acids is 1. The molecule has 0 spiro atoms. The molecule has 2 rings (SSSR count). The van der Waals surface area contributed by atoms with E-state index in [1.54, 1.807) is 31.4 Å². The molecule has 146 valence electrons. The highest BCUT2D eigenvalue weighted by Crippen LogP contribution is 2.22. The van der Waals surface area contributed by atoms with Crippen molar-refractivity contribution in [1.29, 1.82) is 0 Å². The third-order valence-electron chi connectivity index (χ3n) is 3.66. The fourth-order valence-corrected chi connectivity index (χ4v) is 3.32. The summed E-state index contributed by atoms with van der Waals surface area (Å²) in [4.78, 5) is 36.2. The van der Waals surface area contributed by atoms with Crippen LogP contribution in [0.3, 0.4) is 0 Å². The van der Waals surface area contributed by atoms with E-state index in [-0.39, 0.29) is 5.56 Å². The predicted octanol–water partition coefficient (Wildman–Crippen LogP) is 3.34. The highest BCUT2D eigenvalue weighted by molar-refractivity contribution is 7.99. The van der Waals surface area contributed by atoms with Gasteiger partial charge in [0.15, 0.2) is 0 Å². The van der Waals surface area contributed by atoms with Crippen LogP contribution in [-0.4, -0.2) is 39.6 Å². The number of pyridine rings is 1. The Hall–Kier alpha value is -2.48. The summed E-state index contributed by atoms with van der Waals surface area (Å²) >= 11 is 1.47. The van der Waals surface area contributed by atoms with Crippen molar-refractivity contribution in [2.75, 3.05) is 12.3 Å². The van der Waals surface area contributed by atoms with Crippen LogP contribution in [-0.2, 0) is 11.3 Å². The minimum atomic E-state index is -1.23. The van der Waals surface area contributed by atoms with Gasteiger partial charge in [0.25, 0.3) is 0 Å². The Kier molecular flexibility index (Phi) is 6.54. The van der Waals surface area contributed by atoms with E-state index < -0.39 is 23.1 Å². The summed E-state index contributed by atoms with van der Waals surface area (Å²) in [5, 5.41) is 12.3. The topological polar surface area (TPSA) is 97.6 Å². The molecule has 2 N–H and O–H groups in total. The van der Waals surface area contributed by atoms with Crippen LogP contribution in [0.15, 0.2) is 34.1 Å². The normalized spacial score (nSPS) is 11.4. The van der Waals surface area contributed by atoms with Crippen molar-refractivity contribution in [2.24, 2.45) is 0 Å². The van der Waals surface area contributed by atoms with Crippen LogP contribution in [0.25, 0.3) is 10.9 Å². The van der Waals surface area contributed by atoms with E-state index in [0.29, 0.717) is 29.7 Å². The van der Waals surface area contributed by atoms with Crippen molar-refractivity contribution in [2.45, 2.75) is 44.7 Å². The van der Waals surface area contributed by atoms with Crippen LogP contribution in [0.5, 0.6) is 0 Å². The number of thioether (sulfide) groups is 1. The van der Waals surface area contributed by atoms with Gasteiger partial charge in [0.1, 0.15) is 11.2 Å². The molecule has 7 nitrogen and oxygen atoms in total. The SMILES string of the molecule is CCn1cc(C(=O)O)c(=O)c2cc(SCCNC(=O)OC(C)(C)C)ccc21. The van der Waals surface area contributed by atoms with Crippen LogP contribution < -0.4 is 10.7 Å². The second-order valence-corrected chi connectivity index (χ2v) is 8.09. The number of rotatable bonds is 6. The smallest absolute Gasteiger partial charge is 0.407 e. The third-order valence-corrected chi connectivity index (χ3v) is 4.66. The number of aromatic nitrogens is 1. The molecule has 1 aromatic heterocycles. The molecule has 0 aliphatic heterocycles. The zero-order valence-electron chi connectivity index (χ0n) is 15.9. The molecule has 27 heavy (non-hydrogen) atoms. The average molecular weight is 392 g/mol. The fourth-order valence-electron chi connectivity index (χ4n) is 2.52. The van der Waals surface area contributed by atoms with Gasteiger partial charge in [-0.2, -0.15) is 0 Å². The van der Waals surface area contributed by atoms with Gasteiger partial charge in [-0.3, -0.25) is 4.79 Å². The van der Waals surface area contributed by atoms with Crippen molar-refractivity contribution in [3.63, 3.8) is 0 Å². The molecule has 0 unspecified atom stereocenters. The van der Waals surface area contributed by atoms with E-state index >= 15 is 0 Å². The molecular weight excluding hydrogens is 368 g/mol. The second-order valence-electron chi connectivity index (χ2n) is 6.92. The van der Waals surface area contributed by atoms with Gasteiger partial charge in [0.05, 0.1) is 5.52 Å². The van der Waals surface area contributed by atoms with Gasteiger partial charge in [0.2, 0.25) is 5.43 Å². The first-order valence-electron chi connectivity index (χ1n) is 8.62. The van der Waals surface area contributed by atoms with Gasteiger partial charge < -0.3 is 19.7 Å². The quantitative estimate of drug-likeness (QED) is 0.578. The summed E-state index contributed by atoms with van der Waals surface area (Å²) in [6, 6.07) is 5.40. The van der Waals surface area contributed by atoms with Crippen LogP contribution in [0.1, 0.15) is 38.1 Å². The van der Waals surface area contributed by atoms with Gasteiger partial charge in [0, 0.05) is 35.3 Å². The Morgan fingerprint density at radius 2 is 2.00 bits per heavy atom. The molecule has 0 saturated carbocycles. The van der Waals surface area contributed by atoms with Gasteiger partial charge in [-0.05, 0) is 45.9 Å². The predicted molar refractivity (Wildman–Crippen MR) is 106 cm³/mol. The molecule has 0 saturated heterocycles. The summed E-state index contributed by atoms with van der Waals surface area (Å²) < 4.78 is 6.91. The highest BCUT2D eigenvalue weighted by atomic mass is 32.2. The number of carbonyl (C=O) groups is 2. The molecule has 2 aromatic rings. The standard InChI is InChI=1S/C19H24N2O5S/c1-5-21-11-14(17(23)24)16(22)13-10-12(6-7-15(13)21)27-9-8-20-18(25)26-19(2,3)4/h6-7,10-11H,5,8-9H2,1-4H3,(H,20,25)(H,23,24). The number of nitrogens with zero attached hydrogens (tertiary/aromatic N) is 1. The van der Waals surface area contributed by atoms with Crippen molar-refractivity contribution < 1.29 is 19.4 Å². The molecule has 1 amide bonds. The maximum Gasteiger partial charge on any atom is 0.407 e. The lowest BCUT2D eigenvalue weighted by Crippen LogP contribution is -2.33. The van der Waals surface area contributed by atoms with Crippen molar-refractivity contribution in [3.8, 4) is 0 Å². The van der Waals surface area contributed by atoms with Gasteiger partial charge in [-0.1, -0.05) is 0 Å². The van der Waals surface area contributed by atoms with Crippen LogP contribution in [0.4, 0.5) is 4.79 Å². The minimum absolute atomic E-state index is 0.238. The zero-order valence-corrected chi connectivity index (χ0v) is 16.7. The van der Waals surface area contributed by atoms with E-state index in [9.17, 15) is 19.5 Å². The maximum absolute atomic E-state index is 12.5. The molecule has 0 aliphatic carbocycles. The summed E-state index contributed by atoms with van der Waals surface area (Å²) in [5.41, 5.74) is -0.574. The number of ether oxygens (including phenoxy) is 1. The van der Waals surface area contributed by atoms with Gasteiger partial charge in [-0.25, -0.2) is 9.59 Å². The maximum atomic E-state index is 12.5. The summed E-state index contributed by atoms with van der Waals surface area (Å²) in [5.74, 6) is -0.644. The van der Waals surface area contributed by atoms with E-state index in [1.807, 2.05) is 19.1 Å². The van der Waals surface area contributed by atoms with Crippen LogP contribution >= 0.6 is 11.8 Å². The zero-order chi connectivity index (χ0) is 20.2. The van der Waals surface area contributed by atoms with Gasteiger partial charge in [-0.15, -0.1) is 11.8 Å². The molecule has 8 heteroatoms. The Morgan fingerprint density at radius 3 is 2.59 bits per heavy atom. The molecule has 0 bridgehead atoms. The number of benzene rings is 1. The first-order valence-corrected chi connectivity index (χ1v) is 9.61. The fraction of sp³-hybridized carbons (Fsp3) is 0.421. The van der Waals surface area contributed by atoms with E-state index in [2.05, 4.69) is 5.32 Å². The molecule has 0 fully saturated rings. The third kappa shape index (κ3) is 5.50. The Balaban J connectivity index is 2.12. The Morgan fingerprint density at radius 1 is 1.30 bits per heavy atom. The average Bonchev–Trinajstić information content (AvgIpc) is 2.57. The lowest BCUT2D eigenvalue weighted by Gasteiger charge is -2.19. The van der Waals surface area contributed by atoms with Crippen molar-refractivity contribution in [3.05, 3.63) is 40.2 Å². The Labute approximate surface area is 161 Å². The summed E-state index contributed by atoms with van der Waals surface area (Å²) in [6.07, 6.45) is 0.906.